The SMILES string of the molecule is N#CCCCc1ccc([N+](=O)[O-])cc1Br. The molecule has 0 atom stereocenters. The second-order valence-electron chi connectivity index (χ2n) is 3.04. The molecule has 4 nitrogen and oxygen atoms in total. The summed E-state index contributed by atoms with van der Waals surface area (Å²) in [6, 6.07) is 6.75. The van der Waals surface area contributed by atoms with E-state index in [0.717, 1.165) is 22.9 Å². The summed E-state index contributed by atoms with van der Waals surface area (Å²) in [5.41, 5.74) is 1.07. The molecule has 0 aliphatic carbocycles. The zero-order valence-electron chi connectivity index (χ0n) is 7.94. The van der Waals surface area contributed by atoms with Crippen molar-refractivity contribution < 1.29 is 4.92 Å². The molecule has 0 unspecified atom stereocenters. The van der Waals surface area contributed by atoms with Crippen molar-refractivity contribution in [2.45, 2.75) is 19.3 Å². The maximum atomic E-state index is 10.5. The minimum atomic E-state index is -0.427. The predicted molar refractivity (Wildman–Crippen MR) is 59.3 cm³/mol. The van der Waals surface area contributed by atoms with E-state index in [1.807, 2.05) is 0 Å². The molecule has 0 bridgehead atoms. The summed E-state index contributed by atoms with van der Waals surface area (Å²) in [5.74, 6) is 0. The van der Waals surface area contributed by atoms with Crippen LogP contribution in [-0.4, -0.2) is 4.92 Å². The van der Waals surface area contributed by atoms with Gasteiger partial charge < -0.3 is 0 Å². The molecule has 0 heterocycles. The van der Waals surface area contributed by atoms with Gasteiger partial charge in [-0.2, -0.15) is 5.26 Å². The average molecular weight is 269 g/mol. The van der Waals surface area contributed by atoms with Crippen LogP contribution < -0.4 is 0 Å². The maximum Gasteiger partial charge on any atom is 0.270 e. The topological polar surface area (TPSA) is 66.9 Å². The number of halogens is 1. The zero-order chi connectivity index (χ0) is 11.3. The lowest BCUT2D eigenvalue weighted by Crippen LogP contribution is -1.91. The second-order valence-corrected chi connectivity index (χ2v) is 3.90. The van der Waals surface area contributed by atoms with Crippen molar-refractivity contribution in [1.82, 2.24) is 0 Å². The van der Waals surface area contributed by atoms with E-state index in [1.54, 1.807) is 6.07 Å². The highest BCUT2D eigenvalue weighted by atomic mass is 79.9. The third-order valence-electron chi connectivity index (χ3n) is 1.98. The number of nitro groups is 1. The Morgan fingerprint density at radius 2 is 2.27 bits per heavy atom. The Morgan fingerprint density at radius 3 is 2.80 bits per heavy atom. The number of unbranched alkanes of at least 4 members (excludes halogenated alkanes) is 1. The van der Waals surface area contributed by atoms with Crippen LogP contribution in [0.2, 0.25) is 0 Å². The molecule has 1 aromatic rings. The molecule has 0 N–H and O–H groups in total. The molecule has 5 heteroatoms. The van der Waals surface area contributed by atoms with Crippen LogP contribution in [0.1, 0.15) is 18.4 Å². The Hall–Kier alpha value is -1.41. The van der Waals surface area contributed by atoms with Gasteiger partial charge in [0.25, 0.3) is 5.69 Å². The third-order valence-corrected chi connectivity index (χ3v) is 2.72. The summed E-state index contributed by atoms with van der Waals surface area (Å²) in [6.45, 7) is 0. The molecule has 15 heavy (non-hydrogen) atoms. The highest BCUT2D eigenvalue weighted by Crippen LogP contribution is 2.24. The number of benzene rings is 1. The summed E-state index contributed by atoms with van der Waals surface area (Å²) in [5, 5.41) is 18.8. The first kappa shape index (κ1) is 11.7. The van der Waals surface area contributed by atoms with E-state index >= 15 is 0 Å². The largest absolute Gasteiger partial charge is 0.270 e. The van der Waals surface area contributed by atoms with Crippen molar-refractivity contribution in [2.75, 3.05) is 0 Å². The highest BCUT2D eigenvalue weighted by molar-refractivity contribution is 9.10. The van der Waals surface area contributed by atoms with E-state index in [-0.39, 0.29) is 5.69 Å². The van der Waals surface area contributed by atoms with E-state index in [1.165, 1.54) is 12.1 Å². The van der Waals surface area contributed by atoms with Crippen LogP contribution in [0.25, 0.3) is 0 Å². The lowest BCUT2D eigenvalue weighted by Gasteiger charge is -2.02. The normalized spacial score (nSPS) is 9.60. The number of non-ortho nitro benzene ring substituents is 1. The molecule has 1 aromatic carbocycles. The van der Waals surface area contributed by atoms with Crippen molar-refractivity contribution in [3.05, 3.63) is 38.3 Å². The number of rotatable bonds is 4. The van der Waals surface area contributed by atoms with Gasteiger partial charge in [0, 0.05) is 23.0 Å². The van der Waals surface area contributed by atoms with Crippen LogP contribution in [0, 0.1) is 21.4 Å². The van der Waals surface area contributed by atoms with Gasteiger partial charge in [0.2, 0.25) is 0 Å². The lowest BCUT2D eigenvalue weighted by atomic mass is 10.1. The van der Waals surface area contributed by atoms with E-state index < -0.39 is 4.92 Å². The van der Waals surface area contributed by atoms with E-state index in [0.29, 0.717) is 6.42 Å². The molecule has 0 amide bonds. The Kier molecular flexibility index (Phi) is 4.25. The Morgan fingerprint density at radius 1 is 1.53 bits per heavy atom. The maximum absolute atomic E-state index is 10.5. The summed E-state index contributed by atoms with van der Waals surface area (Å²) in [4.78, 5) is 10.0. The number of nitro benzene ring substituents is 1. The van der Waals surface area contributed by atoms with Gasteiger partial charge >= 0.3 is 0 Å². The summed E-state index contributed by atoms with van der Waals surface area (Å²) in [6.07, 6.45) is 2.03. The van der Waals surface area contributed by atoms with Crippen molar-refractivity contribution in [2.24, 2.45) is 0 Å². The van der Waals surface area contributed by atoms with Gasteiger partial charge in [-0.15, -0.1) is 0 Å². The second kappa shape index (κ2) is 5.47. The molecule has 0 aliphatic heterocycles. The van der Waals surface area contributed by atoms with Crippen molar-refractivity contribution in [3.8, 4) is 6.07 Å². The molecule has 78 valence electrons. The summed E-state index contributed by atoms with van der Waals surface area (Å²) < 4.78 is 0.731. The van der Waals surface area contributed by atoms with Crippen LogP contribution in [0.5, 0.6) is 0 Å². The first-order chi connectivity index (χ1) is 7.15. The van der Waals surface area contributed by atoms with Crippen LogP contribution in [0.4, 0.5) is 5.69 Å². The Balaban J connectivity index is 2.76. The molecule has 0 aliphatic rings. The fourth-order valence-electron chi connectivity index (χ4n) is 1.21. The van der Waals surface area contributed by atoms with Gasteiger partial charge in [-0.1, -0.05) is 22.0 Å². The third kappa shape index (κ3) is 3.33. The summed E-state index contributed by atoms with van der Waals surface area (Å²) >= 11 is 3.28. The average Bonchev–Trinajstić information content (AvgIpc) is 2.20. The number of aryl methyl sites for hydroxylation is 1. The zero-order valence-corrected chi connectivity index (χ0v) is 9.53. The quantitative estimate of drug-likeness (QED) is 0.479. The lowest BCUT2D eigenvalue weighted by molar-refractivity contribution is -0.384. The molecule has 0 saturated carbocycles. The van der Waals surface area contributed by atoms with Gasteiger partial charge in [-0.3, -0.25) is 10.1 Å². The highest BCUT2D eigenvalue weighted by Gasteiger charge is 2.08. The van der Waals surface area contributed by atoms with E-state index in [9.17, 15) is 10.1 Å². The van der Waals surface area contributed by atoms with E-state index in [4.69, 9.17) is 5.26 Å². The minimum absolute atomic E-state index is 0.0749. The van der Waals surface area contributed by atoms with Crippen LogP contribution in [0.3, 0.4) is 0 Å². The van der Waals surface area contributed by atoms with Crippen molar-refractivity contribution >= 4 is 21.6 Å². The van der Waals surface area contributed by atoms with Crippen LogP contribution >= 0.6 is 15.9 Å². The molecule has 0 aromatic heterocycles. The number of nitriles is 1. The smallest absolute Gasteiger partial charge is 0.258 e. The molecule has 0 fully saturated rings. The number of hydrogen-bond donors (Lipinski definition) is 0. The minimum Gasteiger partial charge on any atom is -0.258 e. The first-order valence-corrected chi connectivity index (χ1v) is 5.24. The predicted octanol–water partition coefficient (Wildman–Crippen LogP) is 3.20. The fraction of sp³-hybridized carbons (Fsp3) is 0.300. The number of nitrogens with zero attached hydrogens (tertiary/aromatic N) is 2. The van der Waals surface area contributed by atoms with Gasteiger partial charge in [-0.05, 0) is 18.4 Å². The molecular formula is C10H9BrN2O2. The molecule has 0 spiro atoms. The van der Waals surface area contributed by atoms with E-state index in [2.05, 4.69) is 22.0 Å². The molecular weight excluding hydrogens is 260 g/mol. The Bertz CT molecular complexity index is 412. The van der Waals surface area contributed by atoms with Crippen molar-refractivity contribution in [3.63, 3.8) is 0 Å². The van der Waals surface area contributed by atoms with Gasteiger partial charge in [-0.25, -0.2) is 0 Å². The van der Waals surface area contributed by atoms with Gasteiger partial charge in [0.05, 0.1) is 11.0 Å². The molecule has 0 radical (unpaired) electrons. The fourth-order valence-corrected chi connectivity index (χ4v) is 1.78. The van der Waals surface area contributed by atoms with Crippen molar-refractivity contribution in [1.29, 1.82) is 5.26 Å². The molecule has 1 rings (SSSR count). The van der Waals surface area contributed by atoms with Crippen LogP contribution in [-0.2, 0) is 6.42 Å². The van der Waals surface area contributed by atoms with Crippen LogP contribution in [0.15, 0.2) is 22.7 Å². The monoisotopic (exact) mass is 268 g/mol. The van der Waals surface area contributed by atoms with Gasteiger partial charge in [0.1, 0.15) is 0 Å². The Labute approximate surface area is 95.8 Å². The summed E-state index contributed by atoms with van der Waals surface area (Å²) in [7, 11) is 0. The number of hydrogen-bond acceptors (Lipinski definition) is 3. The standard InChI is InChI=1S/C10H9BrN2O2/c11-10-7-9(13(14)15)5-4-8(10)3-1-2-6-12/h4-5,7H,1-3H2. The van der Waals surface area contributed by atoms with Gasteiger partial charge in [0.15, 0.2) is 0 Å². The first-order valence-electron chi connectivity index (χ1n) is 4.45. The molecule has 0 saturated heterocycles.